The Balaban J connectivity index is 2.41. The summed E-state index contributed by atoms with van der Waals surface area (Å²) in [6.07, 6.45) is 1.62. The number of hydrogen-bond donors (Lipinski definition) is 0. The quantitative estimate of drug-likeness (QED) is 0.778. The number of aromatic nitrogens is 3. The average molecular weight is 298 g/mol. The third-order valence-corrected chi connectivity index (χ3v) is 3.82. The Morgan fingerprint density at radius 1 is 1.16 bits per heavy atom. The molecule has 0 spiro atoms. The van der Waals surface area contributed by atoms with E-state index in [-0.39, 0.29) is 5.41 Å². The van der Waals surface area contributed by atoms with Crippen molar-refractivity contribution in [3.05, 3.63) is 28.5 Å². The molecule has 0 aliphatic carbocycles. The summed E-state index contributed by atoms with van der Waals surface area (Å²) in [5, 5.41) is 1.83. The first-order chi connectivity index (χ1) is 8.77. The molecular weight excluding hydrogens is 282 g/mol. The Hall–Kier alpha value is -1.07. The summed E-state index contributed by atoms with van der Waals surface area (Å²) < 4.78 is 5.34. The lowest BCUT2D eigenvalue weighted by atomic mass is 9.96. The molecule has 0 N–H and O–H groups in total. The van der Waals surface area contributed by atoms with E-state index < -0.39 is 0 Å². The van der Waals surface area contributed by atoms with Crippen LogP contribution in [-0.2, 0) is 5.41 Å². The molecule has 6 heteroatoms. The van der Waals surface area contributed by atoms with Crippen molar-refractivity contribution < 1.29 is 4.42 Å². The summed E-state index contributed by atoms with van der Waals surface area (Å²) in [6.45, 7) is 9.94. The first-order valence-corrected chi connectivity index (χ1v) is 7.11. The second-order valence-corrected chi connectivity index (χ2v) is 6.67. The van der Waals surface area contributed by atoms with Crippen LogP contribution < -0.4 is 0 Å². The molecule has 0 fully saturated rings. The van der Waals surface area contributed by atoms with Gasteiger partial charge in [-0.2, -0.15) is 0 Å². The Morgan fingerprint density at radius 2 is 1.84 bits per heavy atom. The normalized spacial score (nSPS) is 11.9. The molecule has 0 saturated heterocycles. The minimum absolute atomic E-state index is 0.154. The lowest BCUT2D eigenvalue weighted by Gasteiger charge is -2.18. The molecule has 0 saturated carbocycles. The highest BCUT2D eigenvalue weighted by molar-refractivity contribution is 7.99. The number of rotatable bonds is 2. The summed E-state index contributed by atoms with van der Waals surface area (Å²) in [7, 11) is 0. The largest absolute Gasteiger partial charge is 0.439 e. The Morgan fingerprint density at radius 3 is 2.37 bits per heavy atom. The van der Waals surface area contributed by atoms with Crippen LogP contribution in [0.5, 0.6) is 0 Å². The third-order valence-electron chi connectivity index (χ3n) is 2.49. The van der Waals surface area contributed by atoms with Crippen LogP contribution >= 0.6 is 23.4 Å². The Labute approximate surface area is 122 Å². The van der Waals surface area contributed by atoms with Gasteiger partial charge in [0, 0.05) is 11.0 Å². The van der Waals surface area contributed by atoms with Crippen LogP contribution in [0, 0.1) is 13.8 Å². The van der Waals surface area contributed by atoms with Gasteiger partial charge >= 0.3 is 0 Å². The summed E-state index contributed by atoms with van der Waals surface area (Å²) in [4.78, 5) is 13.2. The molecule has 2 aromatic heterocycles. The molecule has 0 radical (unpaired) electrons. The maximum Gasteiger partial charge on any atom is 0.262 e. The van der Waals surface area contributed by atoms with Crippen molar-refractivity contribution >= 4 is 23.4 Å². The first kappa shape index (κ1) is 14.3. The van der Waals surface area contributed by atoms with Crippen molar-refractivity contribution in [1.82, 2.24) is 15.0 Å². The number of aryl methyl sites for hydroxylation is 1. The summed E-state index contributed by atoms with van der Waals surface area (Å²) in [5.74, 6) is 0.717. The van der Waals surface area contributed by atoms with Crippen LogP contribution in [0.3, 0.4) is 0 Å². The van der Waals surface area contributed by atoms with Gasteiger partial charge < -0.3 is 4.42 Å². The van der Waals surface area contributed by atoms with Crippen molar-refractivity contribution in [3.8, 4) is 0 Å². The fraction of sp³-hybridized carbons (Fsp3) is 0.462. The lowest BCUT2D eigenvalue weighted by molar-refractivity contribution is 0.453. The summed E-state index contributed by atoms with van der Waals surface area (Å²) in [6, 6.07) is 0. The fourth-order valence-electron chi connectivity index (χ4n) is 1.37. The van der Waals surface area contributed by atoms with E-state index in [0.717, 1.165) is 16.3 Å². The molecular formula is C13H16ClN3OS. The highest BCUT2D eigenvalue weighted by atomic mass is 35.5. The van der Waals surface area contributed by atoms with E-state index in [9.17, 15) is 0 Å². The molecule has 0 aliphatic heterocycles. The smallest absolute Gasteiger partial charge is 0.262 e. The van der Waals surface area contributed by atoms with Gasteiger partial charge in [0.2, 0.25) is 0 Å². The number of nitrogens with zero attached hydrogens (tertiary/aromatic N) is 3. The molecule has 0 atom stereocenters. The Bertz CT molecular complexity index is 604. The van der Waals surface area contributed by atoms with Crippen LogP contribution in [0.2, 0.25) is 5.15 Å². The predicted molar refractivity (Wildman–Crippen MR) is 75.8 cm³/mol. The minimum atomic E-state index is -0.154. The van der Waals surface area contributed by atoms with Crippen molar-refractivity contribution in [1.29, 1.82) is 0 Å². The van der Waals surface area contributed by atoms with E-state index in [1.54, 1.807) is 6.26 Å². The van der Waals surface area contributed by atoms with Crippen molar-refractivity contribution in [2.45, 2.75) is 50.3 Å². The van der Waals surface area contributed by atoms with Crippen molar-refractivity contribution in [2.75, 3.05) is 0 Å². The van der Waals surface area contributed by atoms with Crippen LogP contribution in [0.4, 0.5) is 0 Å². The molecule has 102 valence electrons. The molecule has 2 heterocycles. The van der Waals surface area contributed by atoms with Gasteiger partial charge in [0.1, 0.15) is 22.3 Å². The molecule has 0 aliphatic rings. The average Bonchev–Trinajstić information content (AvgIpc) is 2.69. The van der Waals surface area contributed by atoms with Gasteiger partial charge in [-0.1, -0.05) is 32.4 Å². The molecule has 0 amide bonds. The van der Waals surface area contributed by atoms with Crippen LogP contribution in [0.15, 0.2) is 20.9 Å². The van der Waals surface area contributed by atoms with Gasteiger partial charge in [-0.05, 0) is 25.6 Å². The van der Waals surface area contributed by atoms with E-state index in [1.165, 1.54) is 11.8 Å². The molecule has 19 heavy (non-hydrogen) atoms. The highest BCUT2D eigenvalue weighted by Crippen LogP contribution is 2.32. The van der Waals surface area contributed by atoms with E-state index >= 15 is 0 Å². The molecule has 4 nitrogen and oxygen atoms in total. The van der Waals surface area contributed by atoms with Gasteiger partial charge in [0.05, 0.1) is 5.69 Å². The summed E-state index contributed by atoms with van der Waals surface area (Å²) >= 11 is 7.55. The van der Waals surface area contributed by atoms with Crippen molar-refractivity contribution in [3.63, 3.8) is 0 Å². The second kappa shape index (κ2) is 5.13. The monoisotopic (exact) mass is 297 g/mol. The second-order valence-electron chi connectivity index (χ2n) is 5.38. The number of hydrogen-bond acceptors (Lipinski definition) is 5. The van der Waals surface area contributed by atoms with Gasteiger partial charge in [0.25, 0.3) is 5.22 Å². The number of halogens is 1. The van der Waals surface area contributed by atoms with Gasteiger partial charge in [-0.25, -0.2) is 15.0 Å². The molecule has 0 aromatic carbocycles. The zero-order chi connectivity index (χ0) is 14.2. The van der Waals surface area contributed by atoms with Gasteiger partial charge in [-0.3, -0.25) is 0 Å². The van der Waals surface area contributed by atoms with Crippen molar-refractivity contribution in [2.24, 2.45) is 0 Å². The van der Waals surface area contributed by atoms with E-state index in [2.05, 4.69) is 35.7 Å². The SMILES string of the molecule is Cc1coc(Sc2nc(C(C)(C)C)nc(Cl)c2C)n1. The van der Waals surface area contributed by atoms with Gasteiger partial charge in [0.15, 0.2) is 0 Å². The minimum Gasteiger partial charge on any atom is -0.439 e. The predicted octanol–water partition coefficient (Wildman–Crippen LogP) is 4.18. The lowest BCUT2D eigenvalue weighted by Crippen LogP contribution is -2.17. The molecule has 2 aromatic rings. The molecule has 0 unspecified atom stereocenters. The first-order valence-electron chi connectivity index (χ1n) is 5.92. The van der Waals surface area contributed by atoms with Crippen LogP contribution in [-0.4, -0.2) is 15.0 Å². The maximum atomic E-state index is 6.18. The van der Waals surface area contributed by atoms with E-state index in [1.807, 2.05) is 13.8 Å². The third kappa shape index (κ3) is 3.28. The molecule has 2 rings (SSSR count). The van der Waals surface area contributed by atoms with Crippen LogP contribution in [0.25, 0.3) is 0 Å². The topological polar surface area (TPSA) is 51.8 Å². The zero-order valence-electron chi connectivity index (χ0n) is 11.6. The number of oxazole rings is 1. The van der Waals surface area contributed by atoms with E-state index in [0.29, 0.717) is 16.2 Å². The standard InChI is InChI=1S/C13H16ClN3OS/c1-7-6-18-12(15-7)19-10-8(2)9(14)16-11(17-10)13(3,4)5/h6H,1-5H3. The van der Waals surface area contributed by atoms with Crippen LogP contribution in [0.1, 0.15) is 37.9 Å². The molecule has 0 bridgehead atoms. The van der Waals surface area contributed by atoms with Gasteiger partial charge in [-0.15, -0.1) is 0 Å². The zero-order valence-corrected chi connectivity index (χ0v) is 13.2. The summed E-state index contributed by atoms with van der Waals surface area (Å²) in [5.41, 5.74) is 1.53. The van der Waals surface area contributed by atoms with E-state index in [4.69, 9.17) is 16.0 Å². The fourth-order valence-corrected chi connectivity index (χ4v) is 2.43. The highest BCUT2D eigenvalue weighted by Gasteiger charge is 2.21. The Kier molecular flexibility index (Phi) is 3.87. The maximum absolute atomic E-state index is 6.18.